The Hall–Kier alpha value is -1.10. The minimum Gasteiger partial charge on any atom is -0.368 e. The Labute approximate surface area is 78.1 Å². The molecule has 5 nitrogen and oxygen atoms in total. The van der Waals surface area contributed by atoms with Gasteiger partial charge in [-0.1, -0.05) is 13.8 Å². The molecule has 0 aliphatic carbocycles. The zero-order valence-corrected chi connectivity index (χ0v) is 8.26. The number of likely N-dealkylation sites (N-methyl/N-ethyl adjacent to an activating group) is 1. The molecule has 5 heteroatoms. The summed E-state index contributed by atoms with van der Waals surface area (Å²) >= 11 is 0. The summed E-state index contributed by atoms with van der Waals surface area (Å²) in [5, 5.41) is 5.30. The fourth-order valence-electron chi connectivity index (χ4n) is 1.05. The fraction of sp³-hybridized carbons (Fsp3) is 0.750. The Morgan fingerprint density at radius 2 is 1.92 bits per heavy atom. The summed E-state index contributed by atoms with van der Waals surface area (Å²) in [6.45, 7) is 3.74. The van der Waals surface area contributed by atoms with E-state index < -0.39 is 5.91 Å². The Bertz CT molecular complexity index is 192. The largest absolute Gasteiger partial charge is 0.368 e. The molecule has 1 atom stereocenters. The van der Waals surface area contributed by atoms with E-state index in [-0.39, 0.29) is 24.4 Å². The van der Waals surface area contributed by atoms with Crippen LogP contribution < -0.4 is 16.4 Å². The number of rotatable bonds is 5. The highest BCUT2D eigenvalue weighted by molar-refractivity contribution is 5.86. The zero-order chi connectivity index (χ0) is 10.4. The molecule has 0 bridgehead atoms. The first-order chi connectivity index (χ1) is 5.99. The third kappa shape index (κ3) is 4.47. The molecule has 76 valence electrons. The van der Waals surface area contributed by atoms with Crippen LogP contribution in [-0.4, -0.2) is 31.4 Å². The van der Waals surface area contributed by atoms with Crippen LogP contribution in [0.25, 0.3) is 0 Å². The van der Waals surface area contributed by atoms with Crippen molar-refractivity contribution in [2.45, 2.75) is 19.9 Å². The number of hydrogen-bond donors (Lipinski definition) is 3. The lowest BCUT2D eigenvalue weighted by atomic mass is 10.0. The van der Waals surface area contributed by atoms with Gasteiger partial charge in [-0.05, 0) is 13.0 Å². The van der Waals surface area contributed by atoms with Gasteiger partial charge in [-0.15, -0.1) is 0 Å². The van der Waals surface area contributed by atoms with Crippen molar-refractivity contribution in [2.75, 3.05) is 13.6 Å². The first kappa shape index (κ1) is 11.9. The van der Waals surface area contributed by atoms with Crippen LogP contribution in [0.3, 0.4) is 0 Å². The smallest absolute Gasteiger partial charge is 0.237 e. The summed E-state index contributed by atoms with van der Waals surface area (Å²) in [6.07, 6.45) is 0. The topological polar surface area (TPSA) is 84.2 Å². The van der Waals surface area contributed by atoms with E-state index in [2.05, 4.69) is 10.6 Å². The summed E-state index contributed by atoms with van der Waals surface area (Å²) in [6, 6.07) is -0.278. The predicted molar refractivity (Wildman–Crippen MR) is 49.9 cm³/mol. The molecular weight excluding hydrogens is 170 g/mol. The first-order valence-electron chi connectivity index (χ1n) is 4.22. The molecule has 0 rings (SSSR count). The van der Waals surface area contributed by atoms with Crippen molar-refractivity contribution in [3.05, 3.63) is 0 Å². The van der Waals surface area contributed by atoms with Crippen molar-refractivity contribution in [1.82, 2.24) is 10.6 Å². The summed E-state index contributed by atoms with van der Waals surface area (Å²) < 4.78 is 0. The lowest BCUT2D eigenvalue weighted by Gasteiger charge is -2.18. The molecular formula is C8H17N3O2. The predicted octanol–water partition coefficient (Wildman–Crippen LogP) is -1.17. The maximum absolute atomic E-state index is 11.3. The number of amides is 2. The van der Waals surface area contributed by atoms with Gasteiger partial charge in [-0.3, -0.25) is 9.59 Å². The normalized spacial score (nSPS) is 12.6. The number of nitrogens with two attached hydrogens (primary N) is 1. The van der Waals surface area contributed by atoms with Crippen molar-refractivity contribution in [3.8, 4) is 0 Å². The average molecular weight is 187 g/mol. The molecule has 13 heavy (non-hydrogen) atoms. The molecule has 0 aliphatic rings. The van der Waals surface area contributed by atoms with Gasteiger partial charge >= 0.3 is 0 Å². The monoisotopic (exact) mass is 187 g/mol. The Kier molecular flexibility index (Phi) is 5.06. The number of nitrogens with one attached hydrogen (secondary N) is 2. The van der Waals surface area contributed by atoms with E-state index in [1.54, 1.807) is 7.05 Å². The van der Waals surface area contributed by atoms with Crippen LogP contribution in [-0.2, 0) is 9.59 Å². The van der Waals surface area contributed by atoms with Crippen LogP contribution in [0.1, 0.15) is 13.8 Å². The molecule has 1 unspecified atom stereocenters. The highest BCUT2D eigenvalue weighted by Crippen LogP contribution is 1.99. The molecule has 0 saturated heterocycles. The van der Waals surface area contributed by atoms with Crippen molar-refractivity contribution >= 4 is 11.8 Å². The molecule has 0 aromatic carbocycles. The number of primary amides is 1. The van der Waals surface area contributed by atoms with Crippen molar-refractivity contribution < 1.29 is 9.59 Å². The summed E-state index contributed by atoms with van der Waals surface area (Å²) in [5.74, 6) is -0.555. The first-order valence-corrected chi connectivity index (χ1v) is 4.22. The van der Waals surface area contributed by atoms with Gasteiger partial charge < -0.3 is 16.4 Å². The van der Waals surface area contributed by atoms with Gasteiger partial charge in [0.15, 0.2) is 0 Å². The van der Waals surface area contributed by atoms with E-state index in [4.69, 9.17) is 5.73 Å². The Balaban J connectivity index is 3.99. The quantitative estimate of drug-likeness (QED) is 0.507. The summed E-state index contributed by atoms with van der Waals surface area (Å²) in [5.41, 5.74) is 4.88. The molecule has 0 aromatic heterocycles. The molecule has 0 aromatic rings. The van der Waals surface area contributed by atoms with E-state index in [0.717, 1.165) is 0 Å². The minimum atomic E-state index is -0.535. The number of carbonyl (C=O) groups excluding carboxylic acids is 2. The molecule has 2 amide bonds. The third-order valence-corrected chi connectivity index (χ3v) is 1.70. The van der Waals surface area contributed by atoms with Gasteiger partial charge in [0.2, 0.25) is 11.8 Å². The average Bonchev–Trinajstić information content (AvgIpc) is 2.01. The number of hydrogen-bond acceptors (Lipinski definition) is 3. The minimum absolute atomic E-state index is 0.107. The second-order valence-electron chi connectivity index (χ2n) is 3.19. The van der Waals surface area contributed by atoms with Crippen LogP contribution in [0.5, 0.6) is 0 Å². The second kappa shape index (κ2) is 5.53. The van der Waals surface area contributed by atoms with Gasteiger partial charge in [0.25, 0.3) is 0 Å². The zero-order valence-electron chi connectivity index (χ0n) is 8.26. The van der Waals surface area contributed by atoms with Gasteiger partial charge in [0.1, 0.15) is 0 Å². The lowest BCUT2D eigenvalue weighted by Crippen LogP contribution is -2.47. The second-order valence-corrected chi connectivity index (χ2v) is 3.19. The summed E-state index contributed by atoms with van der Waals surface area (Å²) in [7, 11) is 1.70. The van der Waals surface area contributed by atoms with Crippen LogP contribution in [0.2, 0.25) is 0 Å². The van der Waals surface area contributed by atoms with Crippen molar-refractivity contribution in [3.63, 3.8) is 0 Å². The molecule has 0 radical (unpaired) electrons. The molecule has 0 fully saturated rings. The molecule has 0 spiro atoms. The Morgan fingerprint density at radius 1 is 1.38 bits per heavy atom. The van der Waals surface area contributed by atoms with E-state index >= 15 is 0 Å². The van der Waals surface area contributed by atoms with E-state index in [0.29, 0.717) is 0 Å². The van der Waals surface area contributed by atoms with Gasteiger partial charge in [0, 0.05) is 0 Å². The van der Waals surface area contributed by atoms with Crippen LogP contribution in [0, 0.1) is 5.92 Å². The van der Waals surface area contributed by atoms with Crippen molar-refractivity contribution in [2.24, 2.45) is 11.7 Å². The van der Waals surface area contributed by atoms with Crippen LogP contribution in [0.15, 0.2) is 0 Å². The highest BCUT2D eigenvalue weighted by atomic mass is 16.2. The standard InChI is InChI=1S/C8H17N3O2/c1-5(2)7(10-3)8(13)11-4-6(9)12/h5,7,10H,4H2,1-3H3,(H2,9,12)(H,11,13). The van der Waals surface area contributed by atoms with Gasteiger partial charge in [-0.2, -0.15) is 0 Å². The van der Waals surface area contributed by atoms with E-state index in [1.807, 2.05) is 13.8 Å². The van der Waals surface area contributed by atoms with E-state index in [9.17, 15) is 9.59 Å². The van der Waals surface area contributed by atoms with Crippen LogP contribution in [0.4, 0.5) is 0 Å². The molecule has 4 N–H and O–H groups in total. The Morgan fingerprint density at radius 3 is 2.23 bits per heavy atom. The third-order valence-electron chi connectivity index (χ3n) is 1.70. The highest BCUT2D eigenvalue weighted by Gasteiger charge is 2.19. The maximum atomic E-state index is 11.3. The molecule has 0 aliphatic heterocycles. The number of carbonyl (C=O) groups is 2. The van der Waals surface area contributed by atoms with Gasteiger partial charge in [-0.25, -0.2) is 0 Å². The van der Waals surface area contributed by atoms with Crippen LogP contribution >= 0.6 is 0 Å². The SMILES string of the molecule is CNC(C(=O)NCC(N)=O)C(C)C. The lowest BCUT2D eigenvalue weighted by molar-refractivity contribution is -0.126. The van der Waals surface area contributed by atoms with Crippen molar-refractivity contribution in [1.29, 1.82) is 0 Å². The summed E-state index contributed by atoms with van der Waals surface area (Å²) in [4.78, 5) is 21.7. The van der Waals surface area contributed by atoms with Gasteiger partial charge in [0.05, 0.1) is 12.6 Å². The van der Waals surface area contributed by atoms with E-state index in [1.165, 1.54) is 0 Å². The maximum Gasteiger partial charge on any atom is 0.237 e. The fourth-order valence-corrected chi connectivity index (χ4v) is 1.05. The molecule has 0 saturated carbocycles. The molecule has 0 heterocycles.